The lowest BCUT2D eigenvalue weighted by Gasteiger charge is -2.06. The SMILES string of the molecule is COc1ccc(C(=O)O)c2c1C(=O)NC2. The standard InChI is InChI=1S/C10H9NO4/c1-15-7-3-2-5(10(13)14)6-4-11-9(12)8(6)7/h2-3H,4H2,1H3,(H,11,12)(H,13,14). The molecule has 0 saturated heterocycles. The largest absolute Gasteiger partial charge is 0.496 e. The van der Waals surface area contributed by atoms with E-state index in [1.807, 2.05) is 0 Å². The van der Waals surface area contributed by atoms with Crippen molar-refractivity contribution in [2.24, 2.45) is 0 Å². The lowest BCUT2D eigenvalue weighted by molar-refractivity contribution is 0.0695. The van der Waals surface area contributed by atoms with Crippen molar-refractivity contribution in [2.75, 3.05) is 7.11 Å². The van der Waals surface area contributed by atoms with Gasteiger partial charge in [0.05, 0.1) is 18.2 Å². The van der Waals surface area contributed by atoms with Gasteiger partial charge in [-0.1, -0.05) is 0 Å². The maximum atomic E-state index is 11.4. The van der Waals surface area contributed by atoms with Crippen molar-refractivity contribution < 1.29 is 19.4 Å². The summed E-state index contributed by atoms with van der Waals surface area (Å²) in [7, 11) is 1.45. The molecule has 1 aromatic carbocycles. The van der Waals surface area contributed by atoms with Gasteiger partial charge in [-0.05, 0) is 12.1 Å². The minimum atomic E-state index is -1.04. The maximum Gasteiger partial charge on any atom is 0.336 e. The summed E-state index contributed by atoms with van der Waals surface area (Å²) in [5.74, 6) is -0.916. The molecule has 1 aliphatic heterocycles. The second-order valence-electron chi connectivity index (χ2n) is 3.16. The first-order valence-electron chi connectivity index (χ1n) is 4.36. The molecule has 0 aliphatic carbocycles. The van der Waals surface area contributed by atoms with E-state index < -0.39 is 5.97 Å². The number of carboxylic acids is 1. The van der Waals surface area contributed by atoms with Gasteiger partial charge in [0.1, 0.15) is 5.75 Å². The number of amides is 1. The summed E-state index contributed by atoms with van der Waals surface area (Å²) in [6.07, 6.45) is 0. The molecule has 1 aromatic rings. The number of carbonyl (C=O) groups is 2. The van der Waals surface area contributed by atoms with Crippen molar-refractivity contribution in [1.29, 1.82) is 0 Å². The molecule has 5 nitrogen and oxygen atoms in total. The van der Waals surface area contributed by atoms with Crippen LogP contribution in [0.1, 0.15) is 26.3 Å². The molecule has 0 spiro atoms. The van der Waals surface area contributed by atoms with Gasteiger partial charge in [0.2, 0.25) is 0 Å². The van der Waals surface area contributed by atoms with E-state index in [-0.39, 0.29) is 18.0 Å². The molecule has 78 valence electrons. The van der Waals surface area contributed by atoms with Crippen molar-refractivity contribution in [3.8, 4) is 5.75 Å². The Bertz CT molecular complexity index is 453. The van der Waals surface area contributed by atoms with Crippen LogP contribution in [0.4, 0.5) is 0 Å². The van der Waals surface area contributed by atoms with Crippen LogP contribution in [0.15, 0.2) is 12.1 Å². The quantitative estimate of drug-likeness (QED) is 0.746. The van der Waals surface area contributed by atoms with E-state index in [4.69, 9.17) is 9.84 Å². The highest BCUT2D eigenvalue weighted by atomic mass is 16.5. The summed E-state index contributed by atoms with van der Waals surface area (Å²) in [6, 6.07) is 2.94. The number of carbonyl (C=O) groups excluding carboxylic acids is 1. The number of nitrogens with one attached hydrogen (secondary N) is 1. The smallest absolute Gasteiger partial charge is 0.336 e. The van der Waals surface area contributed by atoms with Gasteiger partial charge in [-0.15, -0.1) is 0 Å². The molecule has 2 N–H and O–H groups in total. The highest BCUT2D eigenvalue weighted by Crippen LogP contribution is 2.29. The number of aromatic carboxylic acids is 1. The zero-order valence-corrected chi connectivity index (χ0v) is 8.03. The molecule has 0 aromatic heterocycles. The fraction of sp³-hybridized carbons (Fsp3) is 0.200. The molecule has 15 heavy (non-hydrogen) atoms. The minimum absolute atomic E-state index is 0.143. The van der Waals surface area contributed by atoms with Gasteiger partial charge in [0.25, 0.3) is 5.91 Å². The number of hydrogen-bond acceptors (Lipinski definition) is 3. The number of methoxy groups -OCH3 is 1. The second-order valence-corrected chi connectivity index (χ2v) is 3.16. The molecule has 1 amide bonds. The predicted octanol–water partition coefficient (Wildman–Crippen LogP) is 0.637. The van der Waals surface area contributed by atoms with E-state index in [0.29, 0.717) is 16.9 Å². The third kappa shape index (κ3) is 1.32. The van der Waals surface area contributed by atoms with Gasteiger partial charge in [-0.2, -0.15) is 0 Å². The monoisotopic (exact) mass is 207 g/mol. The number of ether oxygens (including phenoxy) is 1. The molecule has 1 heterocycles. The Balaban J connectivity index is 2.68. The van der Waals surface area contributed by atoms with Crippen LogP contribution in [-0.2, 0) is 6.54 Å². The fourth-order valence-electron chi connectivity index (χ4n) is 1.69. The Labute approximate surface area is 85.7 Å². The molecule has 0 unspecified atom stereocenters. The van der Waals surface area contributed by atoms with Crippen LogP contribution in [0.2, 0.25) is 0 Å². The van der Waals surface area contributed by atoms with Crippen molar-refractivity contribution in [1.82, 2.24) is 5.32 Å². The van der Waals surface area contributed by atoms with Gasteiger partial charge in [-0.25, -0.2) is 4.79 Å². The number of fused-ring (bicyclic) bond motifs is 1. The Morgan fingerprint density at radius 3 is 2.87 bits per heavy atom. The molecule has 0 bridgehead atoms. The molecule has 0 radical (unpaired) electrons. The average molecular weight is 207 g/mol. The van der Waals surface area contributed by atoms with Gasteiger partial charge in [0.15, 0.2) is 0 Å². The molecular formula is C10H9NO4. The summed E-state index contributed by atoms with van der Waals surface area (Å²) < 4.78 is 5.01. The van der Waals surface area contributed by atoms with E-state index in [1.54, 1.807) is 0 Å². The predicted molar refractivity (Wildman–Crippen MR) is 51.1 cm³/mol. The van der Waals surface area contributed by atoms with Crippen LogP contribution >= 0.6 is 0 Å². The van der Waals surface area contributed by atoms with Crippen molar-refractivity contribution in [3.63, 3.8) is 0 Å². The van der Waals surface area contributed by atoms with Crippen molar-refractivity contribution >= 4 is 11.9 Å². The average Bonchev–Trinajstić information content (AvgIpc) is 2.60. The number of hydrogen-bond donors (Lipinski definition) is 2. The van der Waals surface area contributed by atoms with Crippen LogP contribution in [0.5, 0.6) is 5.75 Å². The molecule has 0 fully saturated rings. The summed E-state index contributed by atoms with van der Waals surface area (Å²) >= 11 is 0. The van der Waals surface area contributed by atoms with Gasteiger partial charge < -0.3 is 15.2 Å². The summed E-state index contributed by atoms with van der Waals surface area (Å²) in [5.41, 5.74) is 0.966. The normalized spacial score (nSPS) is 13.3. The lowest BCUT2D eigenvalue weighted by atomic mass is 10.0. The number of carboxylic acid groups (broad SMARTS) is 1. The van der Waals surface area contributed by atoms with Crippen molar-refractivity contribution in [2.45, 2.75) is 6.54 Å². The molecule has 2 rings (SSSR count). The number of rotatable bonds is 2. The summed E-state index contributed by atoms with van der Waals surface area (Å²) in [6.45, 7) is 0.243. The Morgan fingerprint density at radius 1 is 1.53 bits per heavy atom. The zero-order chi connectivity index (χ0) is 11.0. The van der Waals surface area contributed by atoms with Crippen LogP contribution in [-0.4, -0.2) is 24.1 Å². The number of benzene rings is 1. The Hall–Kier alpha value is -2.04. The Kier molecular flexibility index (Phi) is 2.07. The molecule has 5 heteroatoms. The molecule has 0 atom stereocenters. The third-order valence-corrected chi connectivity index (χ3v) is 2.38. The fourth-order valence-corrected chi connectivity index (χ4v) is 1.69. The first kappa shape index (κ1) is 9.51. The third-order valence-electron chi connectivity index (χ3n) is 2.38. The summed E-state index contributed by atoms with van der Waals surface area (Å²) in [5, 5.41) is 11.5. The van der Waals surface area contributed by atoms with Crippen molar-refractivity contribution in [3.05, 3.63) is 28.8 Å². The zero-order valence-electron chi connectivity index (χ0n) is 8.03. The van der Waals surface area contributed by atoms with Crippen LogP contribution in [0.3, 0.4) is 0 Å². The Morgan fingerprint density at radius 2 is 2.27 bits per heavy atom. The second kappa shape index (κ2) is 3.27. The first-order chi connectivity index (χ1) is 7.15. The van der Waals surface area contributed by atoms with Gasteiger partial charge in [-0.3, -0.25) is 4.79 Å². The minimum Gasteiger partial charge on any atom is -0.496 e. The van der Waals surface area contributed by atoms with E-state index in [9.17, 15) is 9.59 Å². The molecule has 1 aliphatic rings. The molecule has 0 saturated carbocycles. The molecular weight excluding hydrogens is 198 g/mol. The van der Waals surface area contributed by atoms with E-state index >= 15 is 0 Å². The highest BCUT2D eigenvalue weighted by molar-refractivity contribution is 6.04. The van der Waals surface area contributed by atoms with Crippen LogP contribution < -0.4 is 10.1 Å². The van der Waals surface area contributed by atoms with Crippen LogP contribution in [0.25, 0.3) is 0 Å². The van der Waals surface area contributed by atoms with E-state index in [2.05, 4.69) is 5.32 Å². The highest BCUT2D eigenvalue weighted by Gasteiger charge is 2.28. The maximum absolute atomic E-state index is 11.4. The van der Waals surface area contributed by atoms with Gasteiger partial charge >= 0.3 is 5.97 Å². The lowest BCUT2D eigenvalue weighted by Crippen LogP contribution is -2.13. The topological polar surface area (TPSA) is 75.6 Å². The van der Waals surface area contributed by atoms with E-state index in [0.717, 1.165) is 0 Å². The summed E-state index contributed by atoms with van der Waals surface area (Å²) in [4.78, 5) is 22.3. The first-order valence-corrected chi connectivity index (χ1v) is 4.36. The van der Waals surface area contributed by atoms with Gasteiger partial charge in [0, 0.05) is 12.1 Å². The van der Waals surface area contributed by atoms with Crippen LogP contribution in [0, 0.1) is 0 Å². The van der Waals surface area contributed by atoms with E-state index in [1.165, 1.54) is 19.2 Å².